The Balaban J connectivity index is 2.45. The average Bonchev–Trinajstić information content (AvgIpc) is 2.64. The van der Waals surface area contributed by atoms with E-state index in [-0.39, 0.29) is 24.6 Å². The number of nitrogens with one attached hydrogen (secondary N) is 1. The zero-order chi connectivity index (χ0) is 21.2. The molecule has 0 aromatic heterocycles. The van der Waals surface area contributed by atoms with Crippen LogP contribution in [0.5, 0.6) is 0 Å². The molecule has 1 heterocycles. The van der Waals surface area contributed by atoms with Crippen LogP contribution in [-0.4, -0.2) is 94.5 Å². The summed E-state index contributed by atoms with van der Waals surface area (Å²) >= 11 is 0. The third kappa shape index (κ3) is 8.63. The van der Waals surface area contributed by atoms with Crippen molar-refractivity contribution < 1.29 is 17.9 Å². The van der Waals surface area contributed by atoms with Gasteiger partial charge >= 0.3 is 0 Å². The van der Waals surface area contributed by atoms with Crippen LogP contribution in [0.2, 0.25) is 0 Å². The molecule has 0 radical (unpaired) electrons. The predicted octanol–water partition coefficient (Wildman–Crippen LogP) is 1.39. The van der Waals surface area contributed by atoms with Gasteiger partial charge in [0.15, 0.2) is 5.96 Å². The minimum atomic E-state index is -3.27. The first-order valence-corrected chi connectivity index (χ1v) is 12.0. The monoisotopic (exact) mass is 420 g/mol. The maximum atomic E-state index is 12.5. The van der Waals surface area contributed by atoms with Crippen molar-refractivity contribution in [1.82, 2.24) is 14.5 Å². The van der Waals surface area contributed by atoms with Crippen molar-refractivity contribution in [3.8, 4) is 0 Å². The number of nitrogens with zero attached hydrogens (tertiary/aromatic N) is 3. The fraction of sp³-hybridized carbons (Fsp3) is 0.947. The molecular formula is C19H40N4O4S. The van der Waals surface area contributed by atoms with Crippen LogP contribution in [0.25, 0.3) is 0 Å². The molecule has 1 saturated heterocycles. The Labute approximate surface area is 171 Å². The predicted molar refractivity (Wildman–Crippen MR) is 114 cm³/mol. The molecule has 0 spiro atoms. The van der Waals surface area contributed by atoms with Crippen molar-refractivity contribution in [3.05, 3.63) is 0 Å². The molecule has 0 saturated carbocycles. The van der Waals surface area contributed by atoms with Gasteiger partial charge in [-0.15, -0.1) is 0 Å². The molecule has 1 rings (SSSR count). The second-order valence-corrected chi connectivity index (χ2v) is 9.71. The van der Waals surface area contributed by atoms with Crippen molar-refractivity contribution >= 4 is 16.0 Å². The fourth-order valence-corrected chi connectivity index (χ4v) is 4.46. The van der Waals surface area contributed by atoms with Crippen molar-refractivity contribution in [2.75, 3.05) is 58.7 Å². The van der Waals surface area contributed by atoms with E-state index in [1.165, 1.54) is 0 Å². The molecule has 1 fully saturated rings. The highest BCUT2D eigenvalue weighted by molar-refractivity contribution is 7.89. The highest BCUT2D eigenvalue weighted by atomic mass is 32.2. The maximum absolute atomic E-state index is 12.5. The Morgan fingerprint density at radius 1 is 1.11 bits per heavy atom. The summed E-state index contributed by atoms with van der Waals surface area (Å²) in [5, 5.41) is 3.39. The molecule has 28 heavy (non-hydrogen) atoms. The van der Waals surface area contributed by atoms with Crippen LogP contribution in [0, 0.1) is 5.92 Å². The van der Waals surface area contributed by atoms with E-state index in [1.807, 2.05) is 20.8 Å². The van der Waals surface area contributed by atoms with Gasteiger partial charge in [0.1, 0.15) is 0 Å². The standard InChI is InChI=1S/C19H40N4O4S/c1-7-26-18(16(2)3)8-9-21-19(20-6)22-10-12-23(13-11-22)28(24,25)15-14-27-17(4)5/h16-18H,7-15H2,1-6H3,(H,20,21). The van der Waals surface area contributed by atoms with Crippen molar-refractivity contribution in [2.45, 2.75) is 53.2 Å². The molecule has 0 amide bonds. The highest BCUT2D eigenvalue weighted by Crippen LogP contribution is 2.11. The minimum absolute atomic E-state index is 0.0339. The van der Waals surface area contributed by atoms with Gasteiger partial charge in [-0.1, -0.05) is 13.8 Å². The summed E-state index contributed by atoms with van der Waals surface area (Å²) in [6.07, 6.45) is 1.18. The van der Waals surface area contributed by atoms with E-state index in [9.17, 15) is 8.42 Å². The topological polar surface area (TPSA) is 83.5 Å². The van der Waals surface area contributed by atoms with E-state index in [0.29, 0.717) is 32.1 Å². The summed E-state index contributed by atoms with van der Waals surface area (Å²) in [5.41, 5.74) is 0. The van der Waals surface area contributed by atoms with E-state index < -0.39 is 10.0 Å². The average molecular weight is 421 g/mol. The zero-order valence-electron chi connectivity index (χ0n) is 18.5. The minimum Gasteiger partial charge on any atom is -0.378 e. The first kappa shape index (κ1) is 25.1. The van der Waals surface area contributed by atoms with Gasteiger partial charge in [0.05, 0.1) is 24.6 Å². The lowest BCUT2D eigenvalue weighted by Crippen LogP contribution is -2.54. The molecule has 1 aliphatic rings. The SMILES string of the molecule is CCOC(CCNC(=NC)N1CCN(S(=O)(=O)CCOC(C)C)CC1)C(C)C. The Morgan fingerprint density at radius 3 is 2.25 bits per heavy atom. The first-order valence-electron chi connectivity index (χ1n) is 10.4. The van der Waals surface area contributed by atoms with E-state index in [2.05, 4.69) is 29.1 Å². The van der Waals surface area contributed by atoms with E-state index in [0.717, 1.165) is 25.5 Å². The van der Waals surface area contributed by atoms with Gasteiger partial charge in [-0.25, -0.2) is 8.42 Å². The maximum Gasteiger partial charge on any atom is 0.216 e. The molecule has 8 nitrogen and oxygen atoms in total. The highest BCUT2D eigenvalue weighted by Gasteiger charge is 2.28. The summed E-state index contributed by atoms with van der Waals surface area (Å²) in [5.74, 6) is 1.32. The lowest BCUT2D eigenvalue weighted by Gasteiger charge is -2.36. The summed E-state index contributed by atoms with van der Waals surface area (Å²) in [4.78, 5) is 6.47. The van der Waals surface area contributed by atoms with E-state index >= 15 is 0 Å². The van der Waals surface area contributed by atoms with Crippen LogP contribution in [0.1, 0.15) is 41.0 Å². The third-order valence-electron chi connectivity index (χ3n) is 4.77. The molecule has 1 atom stereocenters. The number of hydrogen-bond donors (Lipinski definition) is 1. The Bertz CT molecular complexity index is 558. The zero-order valence-corrected chi connectivity index (χ0v) is 19.3. The lowest BCUT2D eigenvalue weighted by atomic mass is 10.0. The number of sulfonamides is 1. The molecule has 0 bridgehead atoms. The molecule has 0 aromatic rings. The van der Waals surface area contributed by atoms with E-state index in [1.54, 1.807) is 11.4 Å². The van der Waals surface area contributed by atoms with Crippen molar-refractivity contribution in [1.29, 1.82) is 0 Å². The number of aliphatic imine (C=N–C) groups is 1. The third-order valence-corrected chi connectivity index (χ3v) is 6.61. The van der Waals surface area contributed by atoms with Crippen LogP contribution in [0.15, 0.2) is 4.99 Å². The van der Waals surface area contributed by atoms with Gasteiger partial charge in [0.2, 0.25) is 10.0 Å². The molecule has 1 N–H and O–H groups in total. The molecule has 1 unspecified atom stereocenters. The number of piperazine rings is 1. The smallest absolute Gasteiger partial charge is 0.216 e. The van der Waals surface area contributed by atoms with Crippen LogP contribution in [0.4, 0.5) is 0 Å². The summed E-state index contributed by atoms with van der Waals surface area (Å²) < 4.78 is 37.6. The number of guanidine groups is 1. The van der Waals surface area contributed by atoms with Gasteiger partial charge < -0.3 is 19.7 Å². The van der Waals surface area contributed by atoms with Crippen LogP contribution in [0.3, 0.4) is 0 Å². The van der Waals surface area contributed by atoms with Gasteiger partial charge in [-0.3, -0.25) is 4.99 Å². The molecule has 0 aliphatic carbocycles. The molecule has 9 heteroatoms. The molecule has 166 valence electrons. The number of ether oxygens (including phenoxy) is 2. The lowest BCUT2D eigenvalue weighted by molar-refractivity contribution is 0.0257. The summed E-state index contributed by atoms with van der Waals surface area (Å²) in [7, 11) is -1.51. The summed E-state index contributed by atoms with van der Waals surface area (Å²) in [6, 6.07) is 0. The summed E-state index contributed by atoms with van der Waals surface area (Å²) in [6.45, 7) is 14.1. The van der Waals surface area contributed by atoms with Gasteiger partial charge in [0.25, 0.3) is 0 Å². The van der Waals surface area contributed by atoms with Crippen LogP contribution in [-0.2, 0) is 19.5 Å². The molecule has 0 aromatic carbocycles. The molecular weight excluding hydrogens is 380 g/mol. The second kappa shape index (κ2) is 12.6. The van der Waals surface area contributed by atoms with E-state index in [4.69, 9.17) is 9.47 Å². The van der Waals surface area contributed by atoms with Gasteiger partial charge in [0, 0.05) is 46.4 Å². The Kier molecular flexibility index (Phi) is 11.3. The fourth-order valence-electron chi connectivity index (χ4n) is 3.18. The van der Waals surface area contributed by atoms with Gasteiger partial charge in [-0.2, -0.15) is 4.31 Å². The number of rotatable bonds is 11. The van der Waals surface area contributed by atoms with Crippen LogP contribution < -0.4 is 5.32 Å². The number of hydrogen-bond acceptors (Lipinski definition) is 5. The Hall–Kier alpha value is -0.900. The first-order chi connectivity index (χ1) is 13.2. The molecule has 1 aliphatic heterocycles. The van der Waals surface area contributed by atoms with Crippen molar-refractivity contribution in [2.24, 2.45) is 10.9 Å². The Morgan fingerprint density at radius 2 is 1.75 bits per heavy atom. The van der Waals surface area contributed by atoms with Gasteiger partial charge in [-0.05, 0) is 33.1 Å². The quantitative estimate of drug-likeness (QED) is 0.402. The second-order valence-electron chi connectivity index (χ2n) is 7.62. The van der Waals surface area contributed by atoms with Crippen LogP contribution >= 0.6 is 0 Å². The largest absolute Gasteiger partial charge is 0.378 e. The normalized spacial score (nSPS) is 18.1. The van der Waals surface area contributed by atoms with Crippen molar-refractivity contribution in [3.63, 3.8) is 0 Å².